The van der Waals surface area contributed by atoms with Gasteiger partial charge in [0.25, 0.3) is 5.91 Å². The molecule has 0 aliphatic carbocycles. The molecule has 0 radical (unpaired) electrons. The average Bonchev–Trinajstić information content (AvgIpc) is 2.77. The van der Waals surface area contributed by atoms with Gasteiger partial charge in [0, 0.05) is 14.3 Å². The second kappa shape index (κ2) is 11.2. The topological polar surface area (TPSA) is 71.3 Å². The molecular formula is C24H17Cl2IN2O3. The van der Waals surface area contributed by atoms with E-state index in [0.717, 1.165) is 9.13 Å². The SMILES string of the molecule is COc1cc(/C=C(\C#N)C(=O)Nc2cccc(Cl)c2)cc(Cl)c1OCc1ccc(I)cc1. The first-order valence-corrected chi connectivity index (χ1v) is 11.2. The minimum Gasteiger partial charge on any atom is -0.493 e. The molecule has 0 aromatic heterocycles. The predicted molar refractivity (Wildman–Crippen MR) is 135 cm³/mol. The molecule has 0 aliphatic heterocycles. The lowest BCUT2D eigenvalue weighted by atomic mass is 10.1. The lowest BCUT2D eigenvalue weighted by molar-refractivity contribution is -0.112. The number of amides is 1. The predicted octanol–water partition coefficient (Wildman–Crippen LogP) is 6.73. The summed E-state index contributed by atoms with van der Waals surface area (Å²) < 4.78 is 12.4. The highest BCUT2D eigenvalue weighted by Crippen LogP contribution is 2.37. The Balaban J connectivity index is 1.81. The first kappa shape index (κ1) is 23.9. The van der Waals surface area contributed by atoms with E-state index in [1.165, 1.54) is 13.2 Å². The Bertz CT molecular complexity index is 1200. The number of carbonyl (C=O) groups excluding carboxylic acids is 1. The summed E-state index contributed by atoms with van der Waals surface area (Å²) in [6.07, 6.45) is 1.43. The summed E-state index contributed by atoms with van der Waals surface area (Å²) in [6.45, 7) is 0.313. The molecule has 5 nitrogen and oxygen atoms in total. The van der Waals surface area contributed by atoms with Crippen molar-refractivity contribution in [1.29, 1.82) is 5.26 Å². The summed E-state index contributed by atoms with van der Waals surface area (Å²) in [5, 5.41) is 12.9. The van der Waals surface area contributed by atoms with Crippen LogP contribution in [-0.4, -0.2) is 13.0 Å². The molecule has 8 heteroatoms. The van der Waals surface area contributed by atoms with Crippen LogP contribution >= 0.6 is 45.8 Å². The zero-order valence-electron chi connectivity index (χ0n) is 16.9. The van der Waals surface area contributed by atoms with Crippen LogP contribution in [0.15, 0.2) is 66.2 Å². The molecule has 0 atom stereocenters. The highest BCUT2D eigenvalue weighted by molar-refractivity contribution is 14.1. The van der Waals surface area contributed by atoms with Crippen molar-refractivity contribution in [2.24, 2.45) is 0 Å². The van der Waals surface area contributed by atoms with Crippen LogP contribution in [0.2, 0.25) is 10.0 Å². The smallest absolute Gasteiger partial charge is 0.266 e. The van der Waals surface area contributed by atoms with Crippen molar-refractivity contribution < 1.29 is 14.3 Å². The third kappa shape index (κ3) is 6.39. The molecule has 3 rings (SSSR count). The number of nitrogens with zero attached hydrogens (tertiary/aromatic N) is 1. The van der Waals surface area contributed by atoms with Crippen molar-refractivity contribution >= 4 is 63.5 Å². The van der Waals surface area contributed by atoms with Crippen LogP contribution in [0.3, 0.4) is 0 Å². The van der Waals surface area contributed by atoms with Crippen LogP contribution in [0.4, 0.5) is 5.69 Å². The van der Waals surface area contributed by atoms with E-state index >= 15 is 0 Å². The van der Waals surface area contributed by atoms with Gasteiger partial charge in [-0.2, -0.15) is 5.26 Å². The van der Waals surface area contributed by atoms with Crippen LogP contribution in [0.5, 0.6) is 11.5 Å². The average molecular weight is 579 g/mol. The van der Waals surface area contributed by atoms with Gasteiger partial charge in [-0.3, -0.25) is 4.79 Å². The number of benzene rings is 3. The van der Waals surface area contributed by atoms with E-state index in [-0.39, 0.29) is 5.57 Å². The summed E-state index contributed by atoms with van der Waals surface area (Å²) in [5.74, 6) is 0.206. The van der Waals surface area contributed by atoms with Crippen LogP contribution in [0.25, 0.3) is 6.08 Å². The maximum Gasteiger partial charge on any atom is 0.266 e. The van der Waals surface area contributed by atoms with Crippen molar-refractivity contribution in [2.75, 3.05) is 12.4 Å². The molecule has 3 aromatic carbocycles. The van der Waals surface area contributed by atoms with E-state index in [9.17, 15) is 10.1 Å². The lowest BCUT2D eigenvalue weighted by Crippen LogP contribution is -2.13. The summed E-state index contributed by atoms with van der Waals surface area (Å²) in [7, 11) is 1.49. The molecule has 0 saturated heterocycles. The summed E-state index contributed by atoms with van der Waals surface area (Å²) in [5.41, 5.74) is 1.89. The fourth-order valence-electron chi connectivity index (χ4n) is 2.78. The molecule has 0 aliphatic rings. The first-order valence-electron chi connectivity index (χ1n) is 9.33. The summed E-state index contributed by atoms with van der Waals surface area (Å²) in [4.78, 5) is 12.5. The van der Waals surface area contributed by atoms with Crippen LogP contribution in [0, 0.1) is 14.9 Å². The zero-order chi connectivity index (χ0) is 23.1. The van der Waals surface area contributed by atoms with Gasteiger partial charge in [-0.25, -0.2) is 0 Å². The standard InChI is InChI=1S/C24H17Cl2IN2O3/c1-31-22-11-16(9-17(13-28)24(30)29-20-4-2-3-18(25)12-20)10-21(26)23(22)32-14-15-5-7-19(27)8-6-15/h2-12H,14H2,1H3,(H,29,30)/b17-9+. The van der Waals surface area contributed by atoms with Crippen LogP contribution in [-0.2, 0) is 11.4 Å². The van der Waals surface area contributed by atoms with Gasteiger partial charge in [-0.1, -0.05) is 41.4 Å². The Labute approximate surface area is 209 Å². The number of anilines is 1. The second-order valence-corrected chi connectivity index (χ2v) is 8.67. The Hall–Kier alpha value is -2.73. The molecule has 32 heavy (non-hydrogen) atoms. The largest absolute Gasteiger partial charge is 0.493 e. The molecule has 1 amide bonds. The van der Waals surface area contributed by atoms with Gasteiger partial charge in [-0.15, -0.1) is 0 Å². The van der Waals surface area contributed by atoms with Gasteiger partial charge >= 0.3 is 0 Å². The van der Waals surface area contributed by atoms with Crippen molar-refractivity contribution in [3.63, 3.8) is 0 Å². The molecule has 3 aromatic rings. The molecule has 0 saturated carbocycles. The molecule has 0 bridgehead atoms. The number of nitriles is 1. The van der Waals surface area contributed by atoms with E-state index < -0.39 is 5.91 Å². The number of halogens is 3. The van der Waals surface area contributed by atoms with Crippen LogP contribution < -0.4 is 14.8 Å². The first-order chi connectivity index (χ1) is 15.4. The van der Waals surface area contributed by atoms with Crippen LogP contribution in [0.1, 0.15) is 11.1 Å². The molecule has 162 valence electrons. The Morgan fingerprint density at radius 3 is 2.56 bits per heavy atom. The number of rotatable bonds is 7. The van der Waals surface area contributed by atoms with E-state index in [2.05, 4.69) is 27.9 Å². The highest BCUT2D eigenvalue weighted by atomic mass is 127. The summed E-state index contributed by atoms with van der Waals surface area (Å²) >= 11 is 14.6. The fraction of sp³-hybridized carbons (Fsp3) is 0.0833. The van der Waals surface area contributed by atoms with Crippen molar-refractivity contribution in [3.8, 4) is 17.6 Å². The maximum atomic E-state index is 12.5. The monoisotopic (exact) mass is 578 g/mol. The van der Waals surface area contributed by atoms with Crippen molar-refractivity contribution in [1.82, 2.24) is 0 Å². The van der Waals surface area contributed by atoms with Crippen molar-refractivity contribution in [3.05, 3.63) is 91.0 Å². The highest BCUT2D eigenvalue weighted by Gasteiger charge is 2.15. The Morgan fingerprint density at radius 2 is 1.91 bits per heavy atom. The van der Waals surface area contributed by atoms with Gasteiger partial charge in [-0.05, 0) is 82.3 Å². The number of nitrogens with one attached hydrogen (secondary N) is 1. The fourth-order valence-corrected chi connectivity index (χ4v) is 3.60. The number of carbonyl (C=O) groups is 1. The van der Waals surface area contributed by atoms with E-state index in [4.69, 9.17) is 32.7 Å². The number of hydrogen-bond acceptors (Lipinski definition) is 4. The zero-order valence-corrected chi connectivity index (χ0v) is 20.5. The maximum absolute atomic E-state index is 12.5. The molecule has 0 spiro atoms. The minimum atomic E-state index is -0.566. The van der Waals surface area contributed by atoms with E-state index in [0.29, 0.717) is 39.4 Å². The third-order valence-electron chi connectivity index (χ3n) is 4.31. The van der Waals surface area contributed by atoms with E-state index in [1.807, 2.05) is 30.3 Å². The molecule has 1 N–H and O–H groups in total. The van der Waals surface area contributed by atoms with Gasteiger partial charge < -0.3 is 14.8 Å². The van der Waals surface area contributed by atoms with Gasteiger partial charge in [0.05, 0.1) is 12.1 Å². The summed E-state index contributed by atoms with van der Waals surface area (Å²) in [6, 6.07) is 19.7. The third-order valence-corrected chi connectivity index (χ3v) is 5.54. The Morgan fingerprint density at radius 1 is 1.16 bits per heavy atom. The second-order valence-electron chi connectivity index (χ2n) is 6.58. The minimum absolute atomic E-state index is 0.101. The van der Waals surface area contributed by atoms with Gasteiger partial charge in [0.1, 0.15) is 18.2 Å². The molecule has 0 heterocycles. The number of hydrogen-bond donors (Lipinski definition) is 1. The van der Waals surface area contributed by atoms with Crippen molar-refractivity contribution in [2.45, 2.75) is 6.61 Å². The van der Waals surface area contributed by atoms with Gasteiger partial charge in [0.15, 0.2) is 11.5 Å². The Kier molecular flexibility index (Phi) is 8.39. The number of ether oxygens (including phenoxy) is 2. The quantitative estimate of drug-likeness (QED) is 0.192. The molecule has 0 fully saturated rings. The molecule has 0 unspecified atom stereocenters. The molecular weight excluding hydrogens is 562 g/mol. The normalized spacial score (nSPS) is 10.9. The van der Waals surface area contributed by atoms with E-state index in [1.54, 1.807) is 36.4 Å². The lowest BCUT2D eigenvalue weighted by Gasteiger charge is -2.14. The van der Waals surface area contributed by atoms with Gasteiger partial charge in [0.2, 0.25) is 0 Å². The number of methoxy groups -OCH3 is 1.